The van der Waals surface area contributed by atoms with Gasteiger partial charge < -0.3 is 10.1 Å². The van der Waals surface area contributed by atoms with Crippen LogP contribution in [0, 0.1) is 12.0 Å². The Hall–Kier alpha value is -1.17. The van der Waals surface area contributed by atoms with Crippen molar-refractivity contribution in [1.29, 1.82) is 0 Å². The molecule has 0 bridgehead atoms. The van der Waals surface area contributed by atoms with Crippen molar-refractivity contribution >= 4 is 6.09 Å². The molecule has 0 aliphatic rings. The van der Waals surface area contributed by atoms with E-state index in [0.717, 1.165) is 12.8 Å². The Bertz CT molecular complexity index is 155. The predicted molar refractivity (Wildman–Crippen MR) is 38.2 cm³/mol. The van der Waals surface area contributed by atoms with Crippen molar-refractivity contribution < 1.29 is 9.53 Å². The van der Waals surface area contributed by atoms with E-state index < -0.39 is 6.09 Å². The number of carbonyl (C=O) groups is 1. The Labute approximate surface area is 60.8 Å². The maximum absolute atomic E-state index is 10.3. The van der Waals surface area contributed by atoms with E-state index in [9.17, 15) is 4.79 Å². The molecule has 0 unspecified atom stereocenters. The van der Waals surface area contributed by atoms with E-state index in [1.165, 1.54) is 7.05 Å². The lowest BCUT2D eigenvalue weighted by molar-refractivity contribution is 0.194. The molecule has 0 aliphatic carbocycles. The molecule has 0 heterocycles. The molecule has 3 heteroatoms. The number of alkyl carbamates (subject to hydrolysis) is 1. The summed E-state index contributed by atoms with van der Waals surface area (Å²) in [4.78, 5) is 10.3. The number of ether oxygens (including phenoxy) is 1. The van der Waals surface area contributed by atoms with Crippen LogP contribution in [0.1, 0.15) is 19.8 Å². The second-order valence-electron chi connectivity index (χ2n) is 1.67. The van der Waals surface area contributed by atoms with Crippen LogP contribution in [0.15, 0.2) is 0 Å². The van der Waals surface area contributed by atoms with Gasteiger partial charge in [-0.3, -0.25) is 0 Å². The molecule has 0 saturated carbocycles. The summed E-state index contributed by atoms with van der Waals surface area (Å²) in [5.74, 6) is 2.67. The number of nitrogens with one attached hydrogen (secondary N) is 1. The normalized spacial score (nSPS) is 7.40. The Morgan fingerprint density at radius 1 is 1.70 bits per heavy atom. The van der Waals surface area contributed by atoms with E-state index in [2.05, 4.69) is 22.1 Å². The average molecular weight is 141 g/mol. The largest absolute Gasteiger partial charge is 0.420 e. The Morgan fingerprint density at radius 3 is 2.90 bits per heavy atom. The molecule has 3 nitrogen and oxygen atoms in total. The minimum atomic E-state index is -0.511. The van der Waals surface area contributed by atoms with Gasteiger partial charge in [0, 0.05) is 13.5 Å². The zero-order chi connectivity index (χ0) is 7.82. The third-order valence-electron chi connectivity index (χ3n) is 0.795. The van der Waals surface area contributed by atoms with Crippen LogP contribution in [0.3, 0.4) is 0 Å². The Kier molecular flexibility index (Phi) is 5.26. The molecule has 0 rings (SSSR count). The number of hydrogen-bond acceptors (Lipinski definition) is 2. The molecule has 0 aromatic carbocycles. The first kappa shape index (κ1) is 8.83. The van der Waals surface area contributed by atoms with Gasteiger partial charge in [0.25, 0.3) is 0 Å². The fourth-order valence-corrected chi connectivity index (χ4v) is 0.309. The molecule has 1 N–H and O–H groups in total. The maximum Gasteiger partial charge on any atom is 0.420 e. The van der Waals surface area contributed by atoms with Crippen LogP contribution >= 0.6 is 0 Å². The SMILES string of the molecule is CCCC#COC(=O)NC. The highest BCUT2D eigenvalue weighted by Crippen LogP contribution is 1.81. The third kappa shape index (κ3) is 4.98. The van der Waals surface area contributed by atoms with Gasteiger partial charge in [-0.25, -0.2) is 4.79 Å². The van der Waals surface area contributed by atoms with Crippen LogP contribution in [0.25, 0.3) is 0 Å². The molecule has 0 radical (unpaired) electrons. The van der Waals surface area contributed by atoms with Gasteiger partial charge in [-0.2, -0.15) is 0 Å². The molecular weight excluding hydrogens is 130 g/mol. The summed E-state index contributed by atoms with van der Waals surface area (Å²) in [7, 11) is 1.49. The highest BCUT2D eigenvalue weighted by atomic mass is 16.5. The second-order valence-corrected chi connectivity index (χ2v) is 1.67. The quantitative estimate of drug-likeness (QED) is 0.555. The van der Waals surface area contributed by atoms with Crippen molar-refractivity contribution in [3.8, 4) is 12.0 Å². The number of rotatable bonds is 1. The van der Waals surface area contributed by atoms with Crippen LogP contribution in [-0.2, 0) is 4.74 Å². The summed E-state index contributed by atoms with van der Waals surface area (Å²) in [6.45, 7) is 2.01. The van der Waals surface area contributed by atoms with E-state index in [1.807, 2.05) is 6.92 Å². The van der Waals surface area contributed by atoms with E-state index in [0.29, 0.717) is 0 Å². The summed E-state index contributed by atoms with van der Waals surface area (Å²) < 4.78 is 4.38. The van der Waals surface area contributed by atoms with Gasteiger partial charge in [-0.15, -0.1) is 0 Å². The van der Waals surface area contributed by atoms with Crippen molar-refractivity contribution in [2.75, 3.05) is 7.05 Å². The van der Waals surface area contributed by atoms with E-state index in [4.69, 9.17) is 0 Å². The van der Waals surface area contributed by atoms with Crippen LogP contribution in [0.4, 0.5) is 4.79 Å². The zero-order valence-corrected chi connectivity index (χ0v) is 6.23. The first-order valence-corrected chi connectivity index (χ1v) is 3.17. The fourth-order valence-electron chi connectivity index (χ4n) is 0.309. The first-order chi connectivity index (χ1) is 4.81. The lowest BCUT2D eigenvalue weighted by Gasteiger charge is -1.89. The predicted octanol–water partition coefficient (Wildman–Crippen LogP) is 1.10. The van der Waals surface area contributed by atoms with Gasteiger partial charge in [0.2, 0.25) is 0 Å². The van der Waals surface area contributed by atoms with Crippen molar-refractivity contribution in [3.63, 3.8) is 0 Å². The van der Waals surface area contributed by atoms with Gasteiger partial charge in [-0.1, -0.05) is 12.8 Å². The number of carbonyl (C=O) groups excluding carboxylic acids is 1. The lowest BCUT2D eigenvalue weighted by atomic mass is 10.4. The summed E-state index contributed by atoms with van der Waals surface area (Å²) in [6.07, 6.45) is 3.50. The van der Waals surface area contributed by atoms with Crippen LogP contribution < -0.4 is 5.32 Å². The average Bonchev–Trinajstić information content (AvgIpc) is 1.98. The topological polar surface area (TPSA) is 38.3 Å². The van der Waals surface area contributed by atoms with E-state index in [1.54, 1.807) is 0 Å². The summed E-state index contributed by atoms with van der Waals surface area (Å²) >= 11 is 0. The fraction of sp³-hybridized carbons (Fsp3) is 0.571. The Morgan fingerprint density at radius 2 is 2.40 bits per heavy atom. The molecule has 0 aliphatic heterocycles. The van der Waals surface area contributed by atoms with E-state index in [-0.39, 0.29) is 0 Å². The molecule has 1 amide bonds. The van der Waals surface area contributed by atoms with E-state index >= 15 is 0 Å². The lowest BCUT2D eigenvalue weighted by Crippen LogP contribution is -2.16. The highest BCUT2D eigenvalue weighted by molar-refractivity contribution is 5.67. The third-order valence-corrected chi connectivity index (χ3v) is 0.795. The van der Waals surface area contributed by atoms with Gasteiger partial charge in [-0.05, 0) is 6.42 Å². The molecular formula is C7H11NO2. The smallest absolute Gasteiger partial charge is 0.356 e. The summed E-state index contributed by atoms with van der Waals surface area (Å²) in [6, 6.07) is 0. The van der Waals surface area contributed by atoms with Gasteiger partial charge >= 0.3 is 6.09 Å². The molecule has 0 aromatic rings. The van der Waals surface area contributed by atoms with Crippen molar-refractivity contribution in [2.45, 2.75) is 19.8 Å². The minimum Gasteiger partial charge on any atom is -0.356 e. The summed E-state index contributed by atoms with van der Waals surface area (Å²) in [5, 5.41) is 2.28. The molecule has 0 atom stereocenters. The van der Waals surface area contributed by atoms with Gasteiger partial charge in [0.05, 0.1) is 0 Å². The first-order valence-electron chi connectivity index (χ1n) is 3.17. The molecule has 0 fully saturated rings. The van der Waals surface area contributed by atoms with Crippen molar-refractivity contribution in [2.24, 2.45) is 0 Å². The van der Waals surface area contributed by atoms with Crippen LogP contribution in [-0.4, -0.2) is 13.1 Å². The van der Waals surface area contributed by atoms with Crippen LogP contribution in [0.5, 0.6) is 0 Å². The highest BCUT2D eigenvalue weighted by Gasteiger charge is 1.89. The zero-order valence-electron chi connectivity index (χ0n) is 6.23. The molecule has 10 heavy (non-hydrogen) atoms. The molecule has 0 aromatic heterocycles. The van der Waals surface area contributed by atoms with Gasteiger partial charge in [0.1, 0.15) is 6.11 Å². The standard InChI is InChI=1S/C7H11NO2/c1-3-4-5-6-10-7(9)8-2/h3-4H2,1-2H3,(H,8,9). The molecule has 0 spiro atoms. The van der Waals surface area contributed by atoms with Gasteiger partial charge in [0.15, 0.2) is 0 Å². The number of amides is 1. The van der Waals surface area contributed by atoms with Crippen molar-refractivity contribution in [3.05, 3.63) is 0 Å². The Balaban J connectivity index is 3.36. The second kappa shape index (κ2) is 5.96. The minimum absolute atomic E-state index is 0.511. The molecule has 56 valence electrons. The maximum atomic E-state index is 10.3. The number of unbranched alkanes of at least 4 members (excludes halogenated alkanes) is 1. The van der Waals surface area contributed by atoms with Crippen LogP contribution in [0.2, 0.25) is 0 Å². The van der Waals surface area contributed by atoms with Crippen molar-refractivity contribution in [1.82, 2.24) is 5.32 Å². The summed E-state index contributed by atoms with van der Waals surface area (Å²) in [5.41, 5.74) is 0. The molecule has 0 saturated heterocycles. The number of hydrogen-bond donors (Lipinski definition) is 1. The monoisotopic (exact) mass is 141 g/mol.